The van der Waals surface area contributed by atoms with E-state index in [9.17, 15) is 0 Å². The molecule has 0 aliphatic carbocycles. The molecule has 1 atom stereocenters. The lowest BCUT2D eigenvalue weighted by Gasteiger charge is -1.95. The molecule has 1 aromatic carbocycles. The van der Waals surface area contributed by atoms with Crippen molar-refractivity contribution in [3.05, 3.63) is 60.9 Å². The lowest BCUT2D eigenvalue weighted by molar-refractivity contribution is 0.936. The van der Waals surface area contributed by atoms with Crippen LogP contribution in [0.3, 0.4) is 0 Å². The number of nitriles is 1. The van der Waals surface area contributed by atoms with Crippen molar-refractivity contribution in [2.24, 2.45) is 0 Å². The third-order valence-electron chi connectivity index (χ3n) is 2.69. The van der Waals surface area contributed by atoms with Crippen molar-refractivity contribution in [2.75, 3.05) is 0 Å². The number of rotatable bonds is 2. The minimum atomic E-state index is -0.168. The first-order valence-corrected chi connectivity index (χ1v) is 6.24. The number of imidazole rings is 2. The van der Waals surface area contributed by atoms with Crippen molar-refractivity contribution in [2.45, 2.75) is 12.8 Å². The number of benzene rings is 1. The van der Waals surface area contributed by atoms with E-state index in [1.54, 1.807) is 24.9 Å². The van der Waals surface area contributed by atoms with E-state index in [1.165, 1.54) is 0 Å². The Morgan fingerprint density at radius 1 is 1.25 bits per heavy atom. The van der Waals surface area contributed by atoms with Gasteiger partial charge in [0, 0.05) is 24.2 Å². The van der Waals surface area contributed by atoms with Crippen LogP contribution in [0.5, 0.6) is 0 Å². The number of hydrogen-bond acceptors (Lipinski definition) is 3. The Balaban J connectivity index is 0.000000247. The molecule has 2 N–H and O–H groups in total. The summed E-state index contributed by atoms with van der Waals surface area (Å²) in [5.74, 6) is 0.645. The summed E-state index contributed by atoms with van der Waals surface area (Å²) in [5, 5.41) is 8.76. The van der Waals surface area contributed by atoms with Gasteiger partial charge in [-0.15, -0.1) is 0 Å². The summed E-state index contributed by atoms with van der Waals surface area (Å²) in [7, 11) is 0. The second-order valence-electron chi connectivity index (χ2n) is 4.15. The minimum absolute atomic E-state index is 0.168. The van der Waals surface area contributed by atoms with E-state index in [0.717, 1.165) is 17.1 Å². The summed E-state index contributed by atoms with van der Waals surface area (Å²) in [6.45, 7) is 1.84. The Morgan fingerprint density at radius 3 is 2.60 bits per heavy atom. The van der Waals surface area contributed by atoms with Gasteiger partial charge >= 0.3 is 0 Å². The van der Waals surface area contributed by atoms with Gasteiger partial charge in [0.2, 0.25) is 0 Å². The molecular formula is C15H15N5. The fourth-order valence-corrected chi connectivity index (χ4v) is 1.58. The molecule has 0 saturated carbocycles. The molecule has 0 aliphatic rings. The largest absolute Gasteiger partial charge is 0.351 e. The second-order valence-corrected chi connectivity index (χ2v) is 4.15. The Labute approximate surface area is 117 Å². The number of aromatic nitrogens is 4. The Bertz CT molecular complexity index is 632. The quantitative estimate of drug-likeness (QED) is 0.747. The van der Waals surface area contributed by atoms with Gasteiger partial charge in [0.15, 0.2) is 0 Å². The molecule has 5 heteroatoms. The van der Waals surface area contributed by atoms with Crippen LogP contribution in [0.15, 0.2) is 55.2 Å². The summed E-state index contributed by atoms with van der Waals surface area (Å²) < 4.78 is 0. The van der Waals surface area contributed by atoms with Crippen LogP contribution in [0.4, 0.5) is 0 Å². The Kier molecular flexibility index (Phi) is 4.68. The third-order valence-corrected chi connectivity index (χ3v) is 2.69. The average molecular weight is 265 g/mol. The molecule has 0 radical (unpaired) electrons. The van der Waals surface area contributed by atoms with Crippen molar-refractivity contribution < 1.29 is 0 Å². The normalized spacial score (nSPS) is 11.0. The lowest BCUT2D eigenvalue weighted by Crippen LogP contribution is -1.88. The summed E-state index contributed by atoms with van der Waals surface area (Å²) in [4.78, 5) is 13.9. The van der Waals surface area contributed by atoms with Gasteiger partial charge in [-0.1, -0.05) is 30.3 Å². The molecule has 0 amide bonds. The fraction of sp³-hybridized carbons (Fsp3) is 0.133. The maximum absolute atomic E-state index is 8.76. The molecule has 20 heavy (non-hydrogen) atoms. The highest BCUT2D eigenvalue weighted by atomic mass is 14.9. The van der Waals surface area contributed by atoms with Gasteiger partial charge in [-0.2, -0.15) is 5.26 Å². The first-order chi connectivity index (χ1) is 9.81. The van der Waals surface area contributed by atoms with E-state index >= 15 is 0 Å². The van der Waals surface area contributed by atoms with Gasteiger partial charge in [0.25, 0.3) is 0 Å². The van der Waals surface area contributed by atoms with Crippen molar-refractivity contribution in [3.63, 3.8) is 0 Å². The lowest BCUT2D eigenvalue weighted by atomic mass is 10.1. The van der Waals surface area contributed by atoms with Crippen LogP contribution in [0.25, 0.3) is 11.4 Å². The fourth-order valence-electron chi connectivity index (χ4n) is 1.58. The molecule has 1 unspecified atom stereocenters. The molecule has 0 bridgehead atoms. The highest BCUT2D eigenvalue weighted by molar-refractivity contribution is 5.54. The molecule has 5 nitrogen and oxygen atoms in total. The Morgan fingerprint density at radius 2 is 2.05 bits per heavy atom. The summed E-state index contributed by atoms with van der Waals surface area (Å²) in [5.41, 5.74) is 1.82. The molecule has 2 heterocycles. The molecular weight excluding hydrogens is 250 g/mol. The van der Waals surface area contributed by atoms with Crippen molar-refractivity contribution in [3.8, 4) is 17.5 Å². The molecule has 3 rings (SSSR count). The molecule has 0 fully saturated rings. The van der Waals surface area contributed by atoms with Crippen molar-refractivity contribution in [1.82, 2.24) is 19.9 Å². The maximum atomic E-state index is 8.76. The molecule has 2 aromatic heterocycles. The number of aromatic amines is 2. The highest BCUT2D eigenvalue weighted by Gasteiger charge is 2.08. The first kappa shape index (κ1) is 13.6. The van der Waals surface area contributed by atoms with Crippen molar-refractivity contribution >= 4 is 0 Å². The first-order valence-electron chi connectivity index (χ1n) is 6.24. The van der Waals surface area contributed by atoms with E-state index < -0.39 is 0 Å². The number of hydrogen-bond donors (Lipinski definition) is 2. The van der Waals surface area contributed by atoms with Gasteiger partial charge in [-0.25, -0.2) is 9.97 Å². The van der Waals surface area contributed by atoms with Gasteiger partial charge in [-0.3, -0.25) is 0 Å². The maximum Gasteiger partial charge on any atom is 0.137 e. The van der Waals surface area contributed by atoms with Crippen LogP contribution in [-0.4, -0.2) is 19.9 Å². The summed E-state index contributed by atoms with van der Waals surface area (Å²) >= 11 is 0. The number of nitrogens with zero attached hydrogens (tertiary/aromatic N) is 3. The highest BCUT2D eigenvalue weighted by Crippen LogP contribution is 2.18. The zero-order valence-corrected chi connectivity index (χ0v) is 11.1. The number of nitrogens with one attached hydrogen (secondary N) is 2. The monoisotopic (exact) mass is 265 g/mol. The van der Waals surface area contributed by atoms with Gasteiger partial charge < -0.3 is 9.97 Å². The van der Waals surface area contributed by atoms with Crippen LogP contribution in [0.2, 0.25) is 0 Å². The summed E-state index contributed by atoms with van der Waals surface area (Å²) in [6.07, 6.45) is 6.87. The smallest absolute Gasteiger partial charge is 0.137 e. The van der Waals surface area contributed by atoms with Crippen LogP contribution >= 0.6 is 0 Å². The number of H-pyrrole nitrogens is 2. The molecule has 0 spiro atoms. The molecule has 3 aromatic rings. The van der Waals surface area contributed by atoms with E-state index in [0.29, 0.717) is 0 Å². The zero-order valence-electron chi connectivity index (χ0n) is 11.1. The van der Waals surface area contributed by atoms with E-state index in [4.69, 9.17) is 5.26 Å². The molecule has 100 valence electrons. The third kappa shape index (κ3) is 3.56. The molecule has 0 saturated heterocycles. The SMILES string of the molecule is CC(C#N)c1c[nH]c(-c2ccccc2)n1.c1c[nH]cn1. The van der Waals surface area contributed by atoms with E-state index in [1.807, 2.05) is 37.3 Å². The van der Waals surface area contributed by atoms with E-state index in [2.05, 4.69) is 26.0 Å². The van der Waals surface area contributed by atoms with Crippen LogP contribution in [0, 0.1) is 11.3 Å². The minimum Gasteiger partial charge on any atom is -0.351 e. The van der Waals surface area contributed by atoms with Crippen molar-refractivity contribution in [1.29, 1.82) is 5.26 Å². The topological polar surface area (TPSA) is 81.1 Å². The predicted molar refractivity (Wildman–Crippen MR) is 76.6 cm³/mol. The summed E-state index contributed by atoms with van der Waals surface area (Å²) in [6, 6.07) is 12.0. The van der Waals surface area contributed by atoms with Crippen LogP contribution in [-0.2, 0) is 0 Å². The predicted octanol–water partition coefficient (Wildman–Crippen LogP) is 3.11. The standard InChI is InChI=1S/C12H11N3.C3H4N2/c1-9(7-13)11-8-14-12(15-11)10-5-3-2-4-6-10;1-2-5-3-4-1/h2-6,8-9H,1H3,(H,14,15);1-3H,(H,4,5). The van der Waals surface area contributed by atoms with Crippen LogP contribution in [0.1, 0.15) is 18.5 Å². The second kappa shape index (κ2) is 6.90. The zero-order chi connectivity index (χ0) is 14.2. The molecule has 0 aliphatic heterocycles. The van der Waals surface area contributed by atoms with Gasteiger partial charge in [0.1, 0.15) is 5.82 Å². The van der Waals surface area contributed by atoms with E-state index in [-0.39, 0.29) is 5.92 Å². The Hall–Kier alpha value is -2.87. The van der Waals surface area contributed by atoms with Gasteiger partial charge in [0.05, 0.1) is 24.0 Å². The van der Waals surface area contributed by atoms with Gasteiger partial charge in [-0.05, 0) is 6.92 Å². The average Bonchev–Trinajstić information content (AvgIpc) is 3.21. The van der Waals surface area contributed by atoms with Crippen LogP contribution < -0.4 is 0 Å².